The molecule has 1 saturated carbocycles. The second-order valence-corrected chi connectivity index (χ2v) is 5.25. The lowest BCUT2D eigenvalue weighted by Gasteiger charge is -2.36. The summed E-state index contributed by atoms with van der Waals surface area (Å²) in [5.74, 6) is 0. The van der Waals surface area contributed by atoms with Gasteiger partial charge >= 0.3 is 0 Å². The summed E-state index contributed by atoms with van der Waals surface area (Å²) in [6, 6.07) is 0.528. The summed E-state index contributed by atoms with van der Waals surface area (Å²) in [6.07, 6.45) is 9.90. The van der Waals surface area contributed by atoms with E-state index >= 15 is 0 Å². The smallest absolute Gasteiger partial charge is 0.0876 e. The summed E-state index contributed by atoms with van der Waals surface area (Å²) in [5.41, 5.74) is 1.94. The van der Waals surface area contributed by atoms with Gasteiger partial charge in [0.25, 0.3) is 0 Å². The molecule has 1 aliphatic carbocycles. The molecule has 2 heteroatoms. The molecular weight excluding hydrogens is 186 g/mol. The molecule has 1 fully saturated rings. The number of nitrogens with one attached hydrogen (secondary N) is 1. The van der Waals surface area contributed by atoms with Crippen LogP contribution in [0.2, 0.25) is 0 Å². The van der Waals surface area contributed by atoms with E-state index in [0.29, 0.717) is 11.5 Å². The molecular formula is C13H23NO. The highest BCUT2D eigenvalue weighted by Crippen LogP contribution is 2.43. The lowest BCUT2D eigenvalue weighted by molar-refractivity contribution is 0.195. The Labute approximate surface area is 93.1 Å². The lowest BCUT2D eigenvalue weighted by atomic mass is 9.76. The number of likely N-dealkylation sites (N-methyl/N-ethyl adjacent to an activating group) is 1. The topological polar surface area (TPSA) is 21.3 Å². The zero-order valence-electron chi connectivity index (χ0n) is 10.0. The van der Waals surface area contributed by atoms with Crippen LogP contribution in [0.1, 0.15) is 45.4 Å². The molecule has 0 saturated heterocycles. The summed E-state index contributed by atoms with van der Waals surface area (Å²) in [4.78, 5) is 0. The molecule has 0 radical (unpaired) electrons. The van der Waals surface area contributed by atoms with E-state index in [2.05, 4.69) is 19.3 Å². The minimum atomic E-state index is 0.460. The van der Waals surface area contributed by atoms with Gasteiger partial charge in [-0.05, 0) is 43.7 Å². The van der Waals surface area contributed by atoms with Gasteiger partial charge in [0, 0.05) is 6.04 Å². The van der Waals surface area contributed by atoms with Crippen LogP contribution in [0.3, 0.4) is 0 Å². The van der Waals surface area contributed by atoms with Gasteiger partial charge in [0.15, 0.2) is 0 Å². The number of rotatable bonds is 3. The molecule has 86 valence electrons. The van der Waals surface area contributed by atoms with Gasteiger partial charge in [0.05, 0.1) is 12.9 Å². The van der Waals surface area contributed by atoms with Crippen LogP contribution in [0.25, 0.3) is 0 Å². The second-order valence-electron chi connectivity index (χ2n) is 5.25. The van der Waals surface area contributed by atoms with Crippen LogP contribution in [-0.4, -0.2) is 19.7 Å². The van der Waals surface area contributed by atoms with Gasteiger partial charge in [0.2, 0.25) is 0 Å². The predicted octanol–water partition coefficient (Wildman–Crippen LogP) is 2.85. The Morgan fingerprint density at radius 2 is 2.07 bits per heavy atom. The zero-order valence-corrected chi connectivity index (χ0v) is 10.0. The largest absolute Gasteiger partial charge is 0.501 e. The molecule has 1 heterocycles. The number of ether oxygens (including phenoxy) is 1. The van der Waals surface area contributed by atoms with E-state index in [0.717, 1.165) is 6.61 Å². The molecule has 0 amide bonds. The van der Waals surface area contributed by atoms with E-state index in [4.69, 9.17) is 4.74 Å². The molecule has 1 aliphatic heterocycles. The molecule has 1 unspecified atom stereocenters. The molecule has 0 aromatic carbocycles. The van der Waals surface area contributed by atoms with E-state index in [1.165, 1.54) is 44.1 Å². The molecule has 0 spiro atoms. The summed E-state index contributed by atoms with van der Waals surface area (Å²) in [5, 5.41) is 3.51. The zero-order chi connectivity index (χ0) is 10.7. The second kappa shape index (κ2) is 4.56. The molecule has 1 atom stereocenters. The van der Waals surface area contributed by atoms with Crippen molar-refractivity contribution in [1.82, 2.24) is 5.32 Å². The van der Waals surface area contributed by atoms with Crippen LogP contribution in [0.15, 0.2) is 11.8 Å². The first kappa shape index (κ1) is 11.0. The first-order chi connectivity index (χ1) is 7.26. The SMILES string of the molecule is CNC(C1=COCCC1)C1(C)CCCC1. The van der Waals surface area contributed by atoms with Crippen LogP contribution < -0.4 is 5.32 Å². The molecule has 1 N–H and O–H groups in total. The first-order valence-electron chi connectivity index (χ1n) is 6.24. The predicted molar refractivity (Wildman–Crippen MR) is 62.7 cm³/mol. The normalized spacial score (nSPS) is 26.9. The van der Waals surface area contributed by atoms with Crippen molar-refractivity contribution in [1.29, 1.82) is 0 Å². The third-order valence-electron chi connectivity index (χ3n) is 4.06. The van der Waals surface area contributed by atoms with E-state index in [9.17, 15) is 0 Å². The maximum absolute atomic E-state index is 5.47. The van der Waals surface area contributed by atoms with Crippen molar-refractivity contribution in [3.8, 4) is 0 Å². The highest BCUT2D eigenvalue weighted by atomic mass is 16.5. The van der Waals surface area contributed by atoms with Crippen molar-refractivity contribution < 1.29 is 4.74 Å². The molecule has 0 aromatic heterocycles. The maximum atomic E-state index is 5.47. The average molecular weight is 209 g/mol. The van der Waals surface area contributed by atoms with Gasteiger partial charge < -0.3 is 10.1 Å². The van der Waals surface area contributed by atoms with E-state index in [1.54, 1.807) is 0 Å². The van der Waals surface area contributed by atoms with Crippen molar-refractivity contribution in [2.75, 3.05) is 13.7 Å². The van der Waals surface area contributed by atoms with E-state index < -0.39 is 0 Å². The summed E-state index contributed by atoms with van der Waals surface area (Å²) in [6.45, 7) is 3.33. The summed E-state index contributed by atoms with van der Waals surface area (Å²) < 4.78 is 5.47. The minimum absolute atomic E-state index is 0.460. The van der Waals surface area contributed by atoms with Crippen LogP contribution in [0, 0.1) is 5.41 Å². The maximum Gasteiger partial charge on any atom is 0.0876 e. The van der Waals surface area contributed by atoms with Crippen molar-refractivity contribution in [2.45, 2.75) is 51.5 Å². The van der Waals surface area contributed by atoms with Crippen LogP contribution in [-0.2, 0) is 4.74 Å². The van der Waals surface area contributed by atoms with Gasteiger partial charge in [-0.25, -0.2) is 0 Å². The quantitative estimate of drug-likeness (QED) is 0.771. The Morgan fingerprint density at radius 1 is 1.33 bits per heavy atom. The first-order valence-corrected chi connectivity index (χ1v) is 6.24. The Balaban J connectivity index is 2.11. The summed E-state index contributed by atoms with van der Waals surface area (Å²) >= 11 is 0. The molecule has 2 nitrogen and oxygen atoms in total. The fourth-order valence-electron chi connectivity index (χ4n) is 3.25. The molecule has 0 aromatic rings. The van der Waals surface area contributed by atoms with Crippen molar-refractivity contribution in [3.05, 3.63) is 11.8 Å². The van der Waals surface area contributed by atoms with E-state index in [1.807, 2.05) is 6.26 Å². The van der Waals surface area contributed by atoms with Crippen LogP contribution >= 0.6 is 0 Å². The van der Waals surface area contributed by atoms with Gasteiger partial charge in [-0.2, -0.15) is 0 Å². The van der Waals surface area contributed by atoms with Gasteiger partial charge in [0.1, 0.15) is 0 Å². The fraction of sp³-hybridized carbons (Fsp3) is 0.846. The van der Waals surface area contributed by atoms with Crippen molar-refractivity contribution >= 4 is 0 Å². The Hall–Kier alpha value is -0.500. The third kappa shape index (κ3) is 2.20. The van der Waals surface area contributed by atoms with Crippen molar-refractivity contribution in [3.63, 3.8) is 0 Å². The highest BCUT2D eigenvalue weighted by Gasteiger charge is 2.38. The van der Waals surface area contributed by atoms with Crippen LogP contribution in [0.4, 0.5) is 0 Å². The van der Waals surface area contributed by atoms with Gasteiger partial charge in [-0.1, -0.05) is 19.8 Å². The Morgan fingerprint density at radius 3 is 2.60 bits per heavy atom. The van der Waals surface area contributed by atoms with Crippen molar-refractivity contribution in [2.24, 2.45) is 5.41 Å². The van der Waals surface area contributed by atoms with E-state index in [-0.39, 0.29) is 0 Å². The summed E-state index contributed by atoms with van der Waals surface area (Å²) in [7, 11) is 2.09. The molecule has 2 rings (SSSR count). The Kier molecular flexibility index (Phi) is 3.35. The molecule has 15 heavy (non-hydrogen) atoms. The monoisotopic (exact) mass is 209 g/mol. The fourth-order valence-corrected chi connectivity index (χ4v) is 3.25. The molecule has 0 bridgehead atoms. The number of hydrogen-bond donors (Lipinski definition) is 1. The van der Waals surface area contributed by atoms with Crippen LogP contribution in [0.5, 0.6) is 0 Å². The Bertz CT molecular complexity index is 241. The lowest BCUT2D eigenvalue weighted by Crippen LogP contribution is -2.42. The standard InChI is InChI=1S/C13H23NO/c1-13(7-3-4-8-13)12(14-2)11-6-5-9-15-10-11/h10,12,14H,3-9H2,1-2H3. The highest BCUT2D eigenvalue weighted by molar-refractivity contribution is 5.15. The van der Waals surface area contributed by atoms with Gasteiger partial charge in [-0.3, -0.25) is 0 Å². The third-order valence-corrected chi connectivity index (χ3v) is 4.06. The minimum Gasteiger partial charge on any atom is -0.501 e. The number of hydrogen-bond acceptors (Lipinski definition) is 2. The molecule has 2 aliphatic rings. The average Bonchev–Trinajstić information content (AvgIpc) is 2.68. The van der Waals surface area contributed by atoms with Gasteiger partial charge in [-0.15, -0.1) is 0 Å².